The van der Waals surface area contributed by atoms with E-state index >= 15 is 0 Å². The van der Waals surface area contributed by atoms with Gasteiger partial charge in [0, 0.05) is 76.8 Å². The topological polar surface area (TPSA) is 185 Å². The van der Waals surface area contributed by atoms with Crippen LogP contribution in [0.15, 0.2) is 11.6 Å². The lowest BCUT2D eigenvalue weighted by Crippen LogP contribution is -2.33. The lowest BCUT2D eigenvalue weighted by molar-refractivity contribution is -0.138. The fourth-order valence-electron chi connectivity index (χ4n) is 6.94. The minimum Gasteiger partial charge on any atom is -0.515 e. The van der Waals surface area contributed by atoms with Crippen LogP contribution in [-0.2, 0) is 44.9 Å². The number of carboxylic acid groups (broad SMARTS) is 2. The average molecular weight is 609 g/mol. The Kier molecular flexibility index (Phi) is 10.1. The molecule has 2 fully saturated rings. The third-order valence-corrected chi connectivity index (χ3v) is 9.55. The van der Waals surface area contributed by atoms with Crippen molar-refractivity contribution in [1.82, 2.24) is 20.6 Å². The molecule has 7 N–H and O–H groups in total. The van der Waals surface area contributed by atoms with E-state index in [0.29, 0.717) is 41.1 Å². The summed E-state index contributed by atoms with van der Waals surface area (Å²) in [5.41, 5.74) is 5.60. The maximum Gasteiger partial charge on any atom is 0.303 e. The van der Waals surface area contributed by atoms with E-state index in [9.17, 15) is 34.5 Å². The minimum atomic E-state index is -0.970. The molecule has 0 spiro atoms. The molecule has 1 unspecified atom stereocenters. The molecule has 11 heteroatoms. The minimum absolute atomic E-state index is 0.0126. The summed E-state index contributed by atoms with van der Waals surface area (Å²) in [5, 5.41) is 36.4. The maximum atomic E-state index is 12.5. The number of hydrogen-bond donors (Lipinski definition) is 7. The zero-order chi connectivity index (χ0) is 32.3. The van der Waals surface area contributed by atoms with Crippen LogP contribution >= 0.6 is 0 Å². The van der Waals surface area contributed by atoms with Crippen molar-refractivity contribution in [3.05, 3.63) is 56.0 Å². The van der Waals surface area contributed by atoms with Crippen LogP contribution in [0.2, 0.25) is 0 Å². The molecule has 4 rings (SSSR count). The van der Waals surface area contributed by atoms with Crippen molar-refractivity contribution in [2.75, 3.05) is 0 Å². The molecule has 2 saturated heterocycles. The van der Waals surface area contributed by atoms with Crippen LogP contribution in [0.3, 0.4) is 0 Å². The number of carbonyl (C=O) groups is 4. The van der Waals surface area contributed by atoms with Crippen molar-refractivity contribution >= 4 is 36.1 Å². The zero-order valence-electron chi connectivity index (χ0n) is 26.0. The molecular weight excluding hydrogens is 564 g/mol. The molecule has 238 valence electrons. The lowest BCUT2D eigenvalue weighted by Gasteiger charge is -2.15. The summed E-state index contributed by atoms with van der Waals surface area (Å²) in [5.74, 6) is -2.07. The fourth-order valence-corrected chi connectivity index (χ4v) is 6.94. The highest BCUT2D eigenvalue weighted by Crippen LogP contribution is 2.30. The standard InChI is InChI=1S/C33H44N4O7/c1-6-19-18(5)32(43)37-26(19)13-29-23(15-38)22(9-11-31(41)42)28(35-29)14-27-21(8-10-30(39)40)17(4)24(34-27)12-25-16(3)20(7-2)33(44)36-25/h7,13,15-16,18-19,25-26,34-35,38H,6,8-12,14H2,1-5H3,(H,36,44)(H,37,43)(H,39,40)(H,41,42)/b20-7-,23-15-,29-13+/t16?,18-,19-,25-,26+/m1/s1. The first-order valence-electron chi connectivity index (χ1n) is 15.4. The number of hydrogen-bond acceptors (Lipinski definition) is 5. The molecular formula is C33H44N4O7. The van der Waals surface area contributed by atoms with Crippen LogP contribution < -0.4 is 21.2 Å². The second-order valence-corrected chi connectivity index (χ2v) is 12.1. The Balaban J connectivity index is 1.78. The Bertz CT molecular complexity index is 1600. The highest BCUT2D eigenvalue weighted by molar-refractivity contribution is 5.96. The molecule has 2 aliphatic heterocycles. The maximum absolute atomic E-state index is 12.5. The molecule has 2 aliphatic rings. The number of H-pyrrole nitrogens is 2. The Morgan fingerprint density at radius 2 is 1.55 bits per heavy atom. The molecule has 2 amide bonds. The van der Waals surface area contributed by atoms with Crippen LogP contribution in [0, 0.1) is 24.7 Å². The van der Waals surface area contributed by atoms with Crippen molar-refractivity contribution in [2.45, 2.75) is 91.6 Å². The van der Waals surface area contributed by atoms with Gasteiger partial charge in [-0.25, -0.2) is 0 Å². The Morgan fingerprint density at radius 1 is 0.909 bits per heavy atom. The molecule has 5 atom stereocenters. The van der Waals surface area contributed by atoms with Gasteiger partial charge >= 0.3 is 11.9 Å². The largest absolute Gasteiger partial charge is 0.515 e. The first kappa shape index (κ1) is 32.6. The smallest absolute Gasteiger partial charge is 0.303 e. The van der Waals surface area contributed by atoms with E-state index in [-0.39, 0.29) is 60.9 Å². The van der Waals surface area contributed by atoms with E-state index in [1.807, 2.05) is 46.8 Å². The summed E-state index contributed by atoms with van der Waals surface area (Å²) in [6.45, 7) is 9.74. The molecule has 11 nitrogen and oxygen atoms in total. The first-order valence-corrected chi connectivity index (χ1v) is 15.4. The van der Waals surface area contributed by atoms with Gasteiger partial charge in [-0.3, -0.25) is 19.2 Å². The van der Waals surface area contributed by atoms with Gasteiger partial charge in [-0.05, 0) is 55.4 Å². The van der Waals surface area contributed by atoms with Gasteiger partial charge in [0.25, 0.3) is 0 Å². The van der Waals surface area contributed by atoms with Gasteiger partial charge in [0.05, 0.1) is 12.3 Å². The van der Waals surface area contributed by atoms with Crippen molar-refractivity contribution < 1.29 is 34.5 Å². The Morgan fingerprint density at radius 3 is 2.11 bits per heavy atom. The number of aliphatic hydroxyl groups excluding tert-OH is 1. The molecule has 0 bridgehead atoms. The number of aliphatic carboxylic acids is 2. The Labute approximate surface area is 256 Å². The average Bonchev–Trinajstić information content (AvgIpc) is 3.62. The normalized spacial score (nSPS) is 25.2. The molecule has 0 aliphatic carbocycles. The summed E-state index contributed by atoms with van der Waals surface area (Å²) < 4.78 is 0. The number of rotatable bonds is 12. The van der Waals surface area contributed by atoms with Crippen molar-refractivity contribution in [3.8, 4) is 0 Å². The summed E-state index contributed by atoms with van der Waals surface area (Å²) >= 11 is 0. The second kappa shape index (κ2) is 13.6. The second-order valence-electron chi connectivity index (χ2n) is 12.1. The van der Waals surface area contributed by atoms with Crippen molar-refractivity contribution in [1.29, 1.82) is 0 Å². The van der Waals surface area contributed by atoms with E-state index in [2.05, 4.69) is 20.6 Å². The van der Waals surface area contributed by atoms with Crippen molar-refractivity contribution in [3.63, 3.8) is 0 Å². The molecule has 4 heterocycles. The number of aromatic amines is 2. The van der Waals surface area contributed by atoms with Crippen LogP contribution in [0.1, 0.15) is 80.7 Å². The van der Waals surface area contributed by atoms with Gasteiger partial charge in [-0.1, -0.05) is 33.3 Å². The van der Waals surface area contributed by atoms with E-state index in [1.54, 1.807) is 0 Å². The summed E-state index contributed by atoms with van der Waals surface area (Å²) in [4.78, 5) is 54.9. The monoisotopic (exact) mass is 608 g/mol. The van der Waals surface area contributed by atoms with Gasteiger partial charge < -0.3 is 35.9 Å². The molecule has 2 aromatic rings. The van der Waals surface area contributed by atoms with Crippen LogP contribution in [-0.4, -0.2) is 61.1 Å². The number of carbonyl (C=O) groups excluding carboxylic acids is 2. The number of nitrogens with one attached hydrogen (secondary N) is 4. The number of amides is 2. The highest BCUT2D eigenvalue weighted by Gasteiger charge is 2.37. The summed E-state index contributed by atoms with van der Waals surface area (Å²) in [6.07, 6.45) is 6.60. The van der Waals surface area contributed by atoms with Crippen LogP contribution in [0.25, 0.3) is 12.3 Å². The van der Waals surface area contributed by atoms with Gasteiger partial charge in [0.15, 0.2) is 0 Å². The highest BCUT2D eigenvalue weighted by atomic mass is 16.4. The molecule has 0 radical (unpaired) electrons. The van der Waals surface area contributed by atoms with Crippen molar-refractivity contribution in [2.24, 2.45) is 17.8 Å². The van der Waals surface area contributed by atoms with Gasteiger partial charge in [-0.15, -0.1) is 0 Å². The molecule has 2 aromatic heterocycles. The Hall–Kier alpha value is -4.28. The lowest BCUT2D eigenvalue weighted by atomic mass is 9.89. The SMILES string of the molecule is C/C=C1\C(=O)N[C@H](Cc2[nH]c(Cc3[nH]c(=C/[C@@H]4NC(=O)[C@H](C)[C@H]4CC)/c(=C\O)c3CCC(=O)O)c(CCC(=O)O)c2C)C1C. The van der Waals surface area contributed by atoms with Crippen LogP contribution in [0.5, 0.6) is 0 Å². The number of aromatic nitrogens is 2. The van der Waals surface area contributed by atoms with E-state index in [1.165, 1.54) is 0 Å². The fraction of sp³-hybridized carbons (Fsp3) is 0.515. The van der Waals surface area contributed by atoms with Gasteiger partial charge in [0.1, 0.15) is 0 Å². The van der Waals surface area contributed by atoms with E-state index < -0.39 is 11.9 Å². The van der Waals surface area contributed by atoms with Gasteiger partial charge in [0.2, 0.25) is 11.8 Å². The third kappa shape index (κ3) is 6.61. The number of allylic oxidation sites excluding steroid dienone is 1. The predicted octanol–water partition coefficient (Wildman–Crippen LogP) is 2.14. The van der Waals surface area contributed by atoms with Gasteiger partial charge in [-0.2, -0.15) is 0 Å². The first-order chi connectivity index (χ1) is 20.9. The quantitative estimate of drug-likeness (QED) is 0.180. The molecule has 0 saturated carbocycles. The molecule has 0 aromatic carbocycles. The summed E-state index contributed by atoms with van der Waals surface area (Å²) in [7, 11) is 0. The molecule has 44 heavy (non-hydrogen) atoms. The number of aliphatic hydroxyl groups is 1. The summed E-state index contributed by atoms with van der Waals surface area (Å²) in [6, 6.07) is -0.369. The van der Waals surface area contributed by atoms with E-state index in [0.717, 1.165) is 40.8 Å². The zero-order valence-corrected chi connectivity index (χ0v) is 26.0. The van der Waals surface area contributed by atoms with E-state index in [4.69, 9.17) is 0 Å². The predicted molar refractivity (Wildman–Crippen MR) is 165 cm³/mol. The van der Waals surface area contributed by atoms with Crippen LogP contribution in [0.4, 0.5) is 0 Å². The third-order valence-electron chi connectivity index (χ3n) is 9.55. The number of carboxylic acids is 2.